The Hall–Kier alpha value is -2.36. The Bertz CT molecular complexity index is 823. The van der Waals surface area contributed by atoms with Crippen LogP contribution in [0, 0.1) is 17.7 Å². The topological polar surface area (TPSA) is 55.4 Å². The third-order valence-electron chi connectivity index (χ3n) is 2.79. The van der Waals surface area contributed by atoms with Gasteiger partial charge in [-0.2, -0.15) is 4.72 Å². The van der Waals surface area contributed by atoms with E-state index in [1.54, 1.807) is 12.1 Å². The molecule has 0 aliphatic carbocycles. The zero-order chi connectivity index (χ0) is 16.0. The van der Waals surface area contributed by atoms with E-state index in [0.29, 0.717) is 11.3 Å². The summed E-state index contributed by atoms with van der Waals surface area (Å²) in [6, 6.07) is 12.0. The molecule has 2 aromatic carbocycles. The molecule has 0 saturated carbocycles. The molecule has 0 spiro atoms. The van der Waals surface area contributed by atoms with Gasteiger partial charge in [0.1, 0.15) is 11.6 Å². The molecule has 2 aromatic rings. The van der Waals surface area contributed by atoms with Crippen molar-refractivity contribution in [2.75, 3.05) is 13.7 Å². The van der Waals surface area contributed by atoms with E-state index in [-0.39, 0.29) is 11.4 Å². The highest BCUT2D eigenvalue weighted by Gasteiger charge is 2.13. The molecule has 0 atom stereocenters. The number of benzene rings is 2. The molecule has 0 fully saturated rings. The Labute approximate surface area is 129 Å². The molecule has 1 N–H and O–H groups in total. The maximum Gasteiger partial charge on any atom is 0.241 e. The molecule has 4 nitrogen and oxygen atoms in total. The number of rotatable bonds is 4. The van der Waals surface area contributed by atoms with E-state index in [0.717, 1.165) is 6.07 Å². The summed E-state index contributed by atoms with van der Waals surface area (Å²) in [5.41, 5.74) is 0.662. The van der Waals surface area contributed by atoms with E-state index in [9.17, 15) is 12.8 Å². The fraction of sp³-hybridized carbons (Fsp3) is 0.125. The lowest BCUT2D eigenvalue weighted by Gasteiger charge is -2.03. The van der Waals surface area contributed by atoms with Crippen molar-refractivity contribution in [1.82, 2.24) is 4.72 Å². The van der Waals surface area contributed by atoms with E-state index < -0.39 is 15.8 Å². The Balaban J connectivity index is 2.07. The van der Waals surface area contributed by atoms with Crippen LogP contribution in [-0.4, -0.2) is 22.1 Å². The molecule has 0 amide bonds. The summed E-state index contributed by atoms with van der Waals surface area (Å²) < 4.78 is 44.4. The van der Waals surface area contributed by atoms with Gasteiger partial charge in [-0.25, -0.2) is 12.8 Å². The van der Waals surface area contributed by atoms with Crippen LogP contribution in [0.4, 0.5) is 4.39 Å². The molecular formula is C16H14FNO3S. The average Bonchev–Trinajstić information content (AvgIpc) is 2.52. The Kier molecular flexibility index (Phi) is 5.15. The number of nitrogens with one attached hydrogen (secondary N) is 1. The molecule has 0 radical (unpaired) electrons. The van der Waals surface area contributed by atoms with Gasteiger partial charge in [0.05, 0.1) is 24.1 Å². The predicted octanol–water partition coefficient (Wildman–Crippen LogP) is 2.16. The highest BCUT2D eigenvalue weighted by atomic mass is 32.2. The lowest BCUT2D eigenvalue weighted by atomic mass is 10.2. The van der Waals surface area contributed by atoms with Crippen molar-refractivity contribution < 1.29 is 17.5 Å². The van der Waals surface area contributed by atoms with Gasteiger partial charge < -0.3 is 4.74 Å². The Morgan fingerprint density at radius 1 is 1.18 bits per heavy atom. The fourth-order valence-electron chi connectivity index (χ4n) is 1.74. The highest BCUT2D eigenvalue weighted by Crippen LogP contribution is 2.15. The highest BCUT2D eigenvalue weighted by molar-refractivity contribution is 7.89. The number of hydrogen-bond acceptors (Lipinski definition) is 3. The van der Waals surface area contributed by atoms with Crippen molar-refractivity contribution in [1.29, 1.82) is 0 Å². The first kappa shape index (κ1) is 16.0. The van der Waals surface area contributed by atoms with E-state index in [1.807, 2.05) is 12.1 Å². The second kappa shape index (κ2) is 7.07. The van der Waals surface area contributed by atoms with Crippen molar-refractivity contribution in [3.63, 3.8) is 0 Å². The third kappa shape index (κ3) is 4.07. The van der Waals surface area contributed by atoms with Crippen LogP contribution >= 0.6 is 0 Å². The van der Waals surface area contributed by atoms with Gasteiger partial charge in [-0.3, -0.25) is 0 Å². The number of ether oxygens (including phenoxy) is 1. The number of hydrogen-bond donors (Lipinski definition) is 1. The van der Waals surface area contributed by atoms with Crippen LogP contribution in [0.1, 0.15) is 5.56 Å². The molecule has 6 heteroatoms. The van der Waals surface area contributed by atoms with Crippen LogP contribution < -0.4 is 9.46 Å². The lowest BCUT2D eigenvalue weighted by molar-refractivity contribution is 0.413. The number of para-hydroxylation sites is 1. The lowest BCUT2D eigenvalue weighted by Crippen LogP contribution is -2.24. The smallest absolute Gasteiger partial charge is 0.241 e. The van der Waals surface area contributed by atoms with Crippen LogP contribution in [0.2, 0.25) is 0 Å². The van der Waals surface area contributed by atoms with Crippen LogP contribution in [0.3, 0.4) is 0 Å². The summed E-state index contributed by atoms with van der Waals surface area (Å²) in [6.45, 7) is -0.0864. The van der Waals surface area contributed by atoms with Gasteiger partial charge in [-0.1, -0.05) is 30.0 Å². The minimum absolute atomic E-state index is 0.0864. The fourth-order valence-corrected chi connectivity index (χ4v) is 2.69. The second-order valence-electron chi connectivity index (χ2n) is 4.28. The molecule has 22 heavy (non-hydrogen) atoms. The molecule has 0 aliphatic rings. The zero-order valence-electron chi connectivity index (χ0n) is 11.8. The standard InChI is InChI=1S/C16H14FNO3S/c1-21-16-10-3-2-6-13(16)7-5-11-18-22(19,20)15-9-4-8-14(17)12-15/h2-4,6,8-10,12,18H,11H2,1H3. The van der Waals surface area contributed by atoms with Crippen molar-refractivity contribution in [2.45, 2.75) is 4.90 Å². The summed E-state index contributed by atoms with van der Waals surface area (Å²) in [5.74, 6) is 5.53. The molecule has 114 valence electrons. The van der Waals surface area contributed by atoms with Crippen molar-refractivity contribution in [2.24, 2.45) is 0 Å². The largest absolute Gasteiger partial charge is 0.495 e. The summed E-state index contributed by atoms with van der Waals surface area (Å²) in [4.78, 5) is -0.133. The minimum atomic E-state index is -3.78. The Morgan fingerprint density at radius 2 is 1.95 bits per heavy atom. The second-order valence-corrected chi connectivity index (χ2v) is 6.05. The molecule has 2 rings (SSSR count). The van der Waals surface area contributed by atoms with Gasteiger partial charge in [0.15, 0.2) is 0 Å². The minimum Gasteiger partial charge on any atom is -0.495 e. The van der Waals surface area contributed by atoms with E-state index in [1.165, 1.54) is 25.3 Å². The molecule has 0 unspecified atom stereocenters. The van der Waals surface area contributed by atoms with Gasteiger partial charge in [0.25, 0.3) is 0 Å². The van der Waals surface area contributed by atoms with Crippen molar-refractivity contribution in [3.05, 3.63) is 59.9 Å². The van der Waals surface area contributed by atoms with Crippen LogP contribution in [0.5, 0.6) is 5.75 Å². The zero-order valence-corrected chi connectivity index (χ0v) is 12.7. The maximum absolute atomic E-state index is 13.1. The number of methoxy groups -OCH3 is 1. The van der Waals surface area contributed by atoms with Gasteiger partial charge in [0.2, 0.25) is 10.0 Å². The van der Waals surface area contributed by atoms with Crippen molar-refractivity contribution >= 4 is 10.0 Å². The van der Waals surface area contributed by atoms with E-state index in [2.05, 4.69) is 16.6 Å². The molecule has 0 heterocycles. The third-order valence-corrected chi connectivity index (χ3v) is 4.19. The van der Waals surface area contributed by atoms with E-state index in [4.69, 9.17) is 4.74 Å². The molecule has 0 bridgehead atoms. The summed E-state index contributed by atoms with van der Waals surface area (Å²) in [7, 11) is -2.24. The average molecular weight is 319 g/mol. The van der Waals surface area contributed by atoms with Gasteiger partial charge in [-0.15, -0.1) is 0 Å². The van der Waals surface area contributed by atoms with Gasteiger partial charge in [-0.05, 0) is 30.3 Å². The normalized spacial score (nSPS) is 10.6. The first-order chi connectivity index (χ1) is 10.5. The van der Waals surface area contributed by atoms with Crippen LogP contribution in [0.15, 0.2) is 53.4 Å². The molecule has 0 aliphatic heterocycles. The number of halogens is 1. The molecule has 0 saturated heterocycles. The molecule has 0 aromatic heterocycles. The quantitative estimate of drug-likeness (QED) is 0.879. The van der Waals surface area contributed by atoms with Crippen LogP contribution in [-0.2, 0) is 10.0 Å². The molecular weight excluding hydrogens is 305 g/mol. The first-order valence-electron chi connectivity index (χ1n) is 6.40. The van der Waals surface area contributed by atoms with Gasteiger partial charge >= 0.3 is 0 Å². The number of sulfonamides is 1. The van der Waals surface area contributed by atoms with E-state index >= 15 is 0 Å². The summed E-state index contributed by atoms with van der Waals surface area (Å²) in [6.07, 6.45) is 0. The van der Waals surface area contributed by atoms with Gasteiger partial charge in [0, 0.05) is 0 Å². The van der Waals surface area contributed by atoms with Crippen LogP contribution in [0.25, 0.3) is 0 Å². The first-order valence-corrected chi connectivity index (χ1v) is 7.88. The summed E-state index contributed by atoms with van der Waals surface area (Å²) in [5, 5.41) is 0. The SMILES string of the molecule is COc1ccccc1C#CCNS(=O)(=O)c1cccc(F)c1. The predicted molar refractivity (Wildman–Crippen MR) is 81.5 cm³/mol. The Morgan fingerprint density at radius 3 is 2.68 bits per heavy atom. The monoisotopic (exact) mass is 319 g/mol. The maximum atomic E-state index is 13.1. The summed E-state index contributed by atoms with van der Waals surface area (Å²) >= 11 is 0. The van der Waals surface area contributed by atoms with Crippen molar-refractivity contribution in [3.8, 4) is 17.6 Å².